The Hall–Kier alpha value is -0.870. The van der Waals surface area contributed by atoms with Gasteiger partial charge in [-0.25, -0.2) is 0 Å². The zero-order valence-electron chi connectivity index (χ0n) is 13.8. The van der Waals surface area contributed by atoms with Crippen LogP contribution in [-0.2, 0) is 15.5 Å². The summed E-state index contributed by atoms with van der Waals surface area (Å²) >= 11 is 0. The van der Waals surface area contributed by atoms with E-state index in [1.165, 1.54) is 12.1 Å². The minimum Gasteiger partial charge on any atom is -0.282 e. The smallest absolute Gasteiger partial charge is 0.282 e. The molecule has 0 spiro atoms. The van der Waals surface area contributed by atoms with Gasteiger partial charge in [-0.05, 0) is 47.8 Å². The Bertz CT molecular complexity index is 546. The highest BCUT2D eigenvalue weighted by molar-refractivity contribution is 7.85. The second-order valence-electron chi connectivity index (χ2n) is 6.74. The van der Waals surface area contributed by atoms with E-state index in [-0.39, 0.29) is 10.3 Å². The molecule has 0 amide bonds. The molecule has 1 N–H and O–H groups in total. The van der Waals surface area contributed by atoms with Gasteiger partial charge in [0, 0.05) is 0 Å². The Morgan fingerprint density at radius 3 is 2.05 bits per heavy atom. The van der Waals surface area contributed by atoms with Gasteiger partial charge in [-0.3, -0.25) is 4.55 Å². The summed E-state index contributed by atoms with van der Waals surface area (Å²) in [5.74, 6) is 1.22. The van der Waals surface area contributed by atoms with Crippen molar-refractivity contribution in [3.63, 3.8) is 0 Å². The number of rotatable bonds is 7. The topological polar surface area (TPSA) is 54.4 Å². The molecule has 2 atom stereocenters. The summed E-state index contributed by atoms with van der Waals surface area (Å²) in [7, 11) is -4.11. The molecule has 0 saturated heterocycles. The highest BCUT2D eigenvalue weighted by Crippen LogP contribution is 2.37. The minimum absolute atomic E-state index is 0.0379. The van der Waals surface area contributed by atoms with Crippen LogP contribution in [0.5, 0.6) is 0 Å². The van der Waals surface area contributed by atoms with Gasteiger partial charge in [-0.15, -0.1) is 0 Å². The molecule has 0 fully saturated rings. The Labute approximate surface area is 129 Å². The normalized spacial score (nSPS) is 16.7. The van der Waals surface area contributed by atoms with Crippen molar-refractivity contribution in [2.24, 2.45) is 11.8 Å². The van der Waals surface area contributed by atoms with E-state index >= 15 is 0 Å². The van der Waals surface area contributed by atoms with E-state index < -0.39 is 10.1 Å². The van der Waals surface area contributed by atoms with Gasteiger partial charge in [-0.2, -0.15) is 8.42 Å². The molecule has 0 heterocycles. The maximum absolute atomic E-state index is 11.1. The van der Waals surface area contributed by atoms with E-state index in [0.717, 1.165) is 24.8 Å². The van der Waals surface area contributed by atoms with Crippen molar-refractivity contribution in [1.82, 2.24) is 0 Å². The first-order valence-electron chi connectivity index (χ1n) is 7.68. The van der Waals surface area contributed by atoms with Gasteiger partial charge in [-0.1, -0.05) is 53.2 Å². The fourth-order valence-corrected chi connectivity index (χ4v) is 3.37. The molecule has 3 nitrogen and oxygen atoms in total. The Morgan fingerprint density at radius 2 is 1.67 bits per heavy atom. The first-order valence-corrected chi connectivity index (χ1v) is 9.12. The van der Waals surface area contributed by atoms with Gasteiger partial charge in [0.05, 0.1) is 4.90 Å². The Morgan fingerprint density at radius 1 is 1.14 bits per heavy atom. The van der Waals surface area contributed by atoms with Gasteiger partial charge in [0.15, 0.2) is 0 Å². The van der Waals surface area contributed by atoms with Crippen molar-refractivity contribution in [3.05, 3.63) is 29.8 Å². The van der Waals surface area contributed by atoms with Crippen molar-refractivity contribution in [3.8, 4) is 0 Å². The average Bonchev–Trinajstić information content (AvgIpc) is 2.38. The van der Waals surface area contributed by atoms with Crippen molar-refractivity contribution < 1.29 is 13.0 Å². The molecule has 2 unspecified atom stereocenters. The maximum Gasteiger partial charge on any atom is 0.294 e. The molecule has 1 rings (SSSR count). The summed E-state index contributed by atoms with van der Waals surface area (Å²) in [6.07, 6.45) is 3.22. The Balaban J connectivity index is 3.10. The molecule has 21 heavy (non-hydrogen) atoms. The molecule has 0 aliphatic carbocycles. The molecular formula is C17H28O3S. The SMILES string of the molecule is CCCC(C)(CC(C)C(C)C)c1ccc(S(=O)(=O)O)cc1. The first kappa shape index (κ1) is 18.2. The second kappa shape index (κ2) is 6.93. The average molecular weight is 312 g/mol. The fraction of sp³-hybridized carbons (Fsp3) is 0.647. The summed E-state index contributed by atoms with van der Waals surface area (Å²) in [5, 5.41) is 0. The molecule has 1 aromatic rings. The van der Waals surface area contributed by atoms with Crippen LogP contribution in [0, 0.1) is 11.8 Å². The molecule has 4 heteroatoms. The summed E-state index contributed by atoms with van der Waals surface area (Å²) in [6, 6.07) is 6.68. The van der Waals surface area contributed by atoms with Gasteiger partial charge < -0.3 is 0 Å². The van der Waals surface area contributed by atoms with Crippen molar-refractivity contribution in [2.45, 2.75) is 64.2 Å². The zero-order chi connectivity index (χ0) is 16.3. The van der Waals surface area contributed by atoms with Gasteiger partial charge in [0.1, 0.15) is 0 Å². The van der Waals surface area contributed by atoms with Gasteiger partial charge >= 0.3 is 0 Å². The highest BCUT2D eigenvalue weighted by Gasteiger charge is 2.29. The minimum atomic E-state index is -4.11. The lowest BCUT2D eigenvalue weighted by molar-refractivity contribution is 0.278. The van der Waals surface area contributed by atoms with Crippen LogP contribution in [0.2, 0.25) is 0 Å². The molecule has 0 aromatic heterocycles. The van der Waals surface area contributed by atoms with Crippen LogP contribution in [0.3, 0.4) is 0 Å². The van der Waals surface area contributed by atoms with E-state index in [1.807, 2.05) is 12.1 Å². The van der Waals surface area contributed by atoms with Crippen LogP contribution < -0.4 is 0 Å². The third-order valence-electron chi connectivity index (χ3n) is 4.56. The van der Waals surface area contributed by atoms with Crippen molar-refractivity contribution in [1.29, 1.82) is 0 Å². The molecule has 0 radical (unpaired) electrons. The molecule has 0 aliphatic rings. The number of benzene rings is 1. The summed E-state index contributed by atoms with van der Waals surface area (Å²) in [6.45, 7) is 11.2. The summed E-state index contributed by atoms with van der Waals surface area (Å²) in [4.78, 5) is -0.0398. The number of hydrogen-bond donors (Lipinski definition) is 1. The molecule has 0 saturated carbocycles. The molecule has 0 aliphatic heterocycles. The van der Waals surface area contributed by atoms with E-state index in [0.29, 0.717) is 11.8 Å². The van der Waals surface area contributed by atoms with Crippen molar-refractivity contribution >= 4 is 10.1 Å². The lowest BCUT2D eigenvalue weighted by atomic mass is 9.71. The predicted molar refractivity (Wildman–Crippen MR) is 87.1 cm³/mol. The van der Waals surface area contributed by atoms with Crippen LogP contribution in [0.1, 0.15) is 59.4 Å². The lowest BCUT2D eigenvalue weighted by Gasteiger charge is -2.34. The monoisotopic (exact) mass is 312 g/mol. The Kier molecular flexibility index (Phi) is 6.00. The van der Waals surface area contributed by atoms with E-state index in [2.05, 4.69) is 34.6 Å². The lowest BCUT2D eigenvalue weighted by Crippen LogP contribution is -2.26. The molecular weight excluding hydrogens is 284 g/mol. The van der Waals surface area contributed by atoms with Crippen LogP contribution >= 0.6 is 0 Å². The van der Waals surface area contributed by atoms with E-state index in [4.69, 9.17) is 4.55 Å². The second-order valence-corrected chi connectivity index (χ2v) is 8.16. The zero-order valence-corrected chi connectivity index (χ0v) is 14.6. The predicted octanol–water partition coefficient (Wildman–Crippen LogP) is 4.67. The number of hydrogen-bond acceptors (Lipinski definition) is 2. The first-order chi connectivity index (χ1) is 9.60. The summed E-state index contributed by atoms with van der Waals surface area (Å²) < 4.78 is 31.4. The third-order valence-corrected chi connectivity index (χ3v) is 5.43. The van der Waals surface area contributed by atoms with Gasteiger partial charge in [0.2, 0.25) is 0 Å². The molecule has 1 aromatic carbocycles. The van der Waals surface area contributed by atoms with E-state index in [9.17, 15) is 8.42 Å². The standard InChI is InChI=1S/C17H28O3S/c1-6-11-17(5,12-14(4)13(2)3)15-7-9-16(10-8-15)21(18,19)20/h7-10,13-14H,6,11-12H2,1-5H3,(H,18,19,20). The van der Waals surface area contributed by atoms with E-state index in [1.54, 1.807) is 0 Å². The summed E-state index contributed by atoms with van der Waals surface area (Å²) in [5.41, 5.74) is 1.18. The highest BCUT2D eigenvalue weighted by atomic mass is 32.2. The van der Waals surface area contributed by atoms with Gasteiger partial charge in [0.25, 0.3) is 10.1 Å². The maximum atomic E-state index is 11.1. The fourth-order valence-electron chi connectivity index (χ4n) is 2.89. The molecule has 0 bridgehead atoms. The third kappa shape index (κ3) is 4.82. The largest absolute Gasteiger partial charge is 0.294 e. The quantitative estimate of drug-likeness (QED) is 0.744. The van der Waals surface area contributed by atoms with Crippen molar-refractivity contribution in [2.75, 3.05) is 0 Å². The van der Waals surface area contributed by atoms with Crippen LogP contribution in [0.4, 0.5) is 0 Å². The van der Waals surface area contributed by atoms with Crippen LogP contribution in [-0.4, -0.2) is 13.0 Å². The molecule has 120 valence electrons. The van der Waals surface area contributed by atoms with Crippen LogP contribution in [0.15, 0.2) is 29.2 Å². The van der Waals surface area contributed by atoms with Crippen LogP contribution in [0.25, 0.3) is 0 Å².